The quantitative estimate of drug-likeness (QED) is 0.590. The highest BCUT2D eigenvalue weighted by atomic mass is 35.5. The number of ether oxygens (including phenoxy) is 2. The Hall–Kier alpha value is -1.89. The third kappa shape index (κ3) is 3.92. The molecule has 140 valence electrons. The number of hydrogen-bond donors (Lipinski definition) is 0. The lowest BCUT2D eigenvalue weighted by Crippen LogP contribution is -2.44. The molecule has 6 nitrogen and oxygen atoms in total. The van der Waals surface area contributed by atoms with Gasteiger partial charge in [0.15, 0.2) is 0 Å². The number of piperazine rings is 1. The van der Waals surface area contributed by atoms with Crippen LogP contribution in [0, 0.1) is 0 Å². The molecule has 0 amide bonds. The van der Waals surface area contributed by atoms with Gasteiger partial charge in [0, 0.05) is 38.1 Å². The molecule has 0 spiro atoms. The number of halogens is 1. The first-order chi connectivity index (χ1) is 12.5. The molecule has 0 atom stereocenters. The Morgan fingerprint density at radius 3 is 2.65 bits per heavy atom. The van der Waals surface area contributed by atoms with Gasteiger partial charge in [-0.05, 0) is 37.7 Å². The van der Waals surface area contributed by atoms with Gasteiger partial charge in [-0.25, -0.2) is 9.78 Å². The van der Waals surface area contributed by atoms with Crippen molar-refractivity contribution in [2.45, 2.75) is 13.5 Å². The number of nitrogens with zero attached hydrogens (tertiary/aromatic N) is 3. The highest BCUT2D eigenvalue weighted by Gasteiger charge is 2.24. The summed E-state index contributed by atoms with van der Waals surface area (Å²) in [5.41, 5.74) is 1.95. The third-order valence-corrected chi connectivity index (χ3v) is 4.99. The predicted molar refractivity (Wildman–Crippen MR) is 102 cm³/mol. The van der Waals surface area contributed by atoms with Crippen molar-refractivity contribution in [1.29, 1.82) is 0 Å². The number of aromatic nitrogens is 1. The standard InChI is InChI=1S/C19H24ClN3O3/c1-4-26-19(24)17-15(12-23-9-7-22(2)8-10-23)14-11-13(25-3)5-6-16(14)21-18(17)20/h5-6,11H,4,7-10,12H2,1-3H3. The molecule has 7 heteroatoms. The van der Waals surface area contributed by atoms with Crippen molar-refractivity contribution in [2.24, 2.45) is 0 Å². The molecule has 1 aromatic heterocycles. The molecule has 26 heavy (non-hydrogen) atoms. The van der Waals surface area contributed by atoms with Gasteiger partial charge >= 0.3 is 5.97 Å². The first-order valence-electron chi connectivity index (χ1n) is 8.77. The zero-order chi connectivity index (χ0) is 18.7. The Labute approximate surface area is 158 Å². The molecule has 2 heterocycles. The molecule has 1 aliphatic heterocycles. The van der Waals surface area contributed by atoms with Crippen LogP contribution in [0.15, 0.2) is 18.2 Å². The molecule has 1 saturated heterocycles. The van der Waals surface area contributed by atoms with Crippen LogP contribution < -0.4 is 4.74 Å². The van der Waals surface area contributed by atoms with Crippen LogP contribution in [-0.4, -0.2) is 67.7 Å². The van der Waals surface area contributed by atoms with Crippen molar-refractivity contribution >= 4 is 28.5 Å². The van der Waals surface area contributed by atoms with Crippen LogP contribution in [0.3, 0.4) is 0 Å². The van der Waals surface area contributed by atoms with E-state index in [-0.39, 0.29) is 5.15 Å². The fraction of sp³-hybridized carbons (Fsp3) is 0.474. The summed E-state index contributed by atoms with van der Waals surface area (Å²) >= 11 is 6.38. The SMILES string of the molecule is CCOC(=O)c1c(Cl)nc2ccc(OC)cc2c1CN1CCN(C)CC1. The van der Waals surface area contributed by atoms with Crippen molar-refractivity contribution in [1.82, 2.24) is 14.8 Å². The molecule has 1 aromatic carbocycles. The van der Waals surface area contributed by atoms with Crippen LogP contribution in [0.1, 0.15) is 22.8 Å². The number of rotatable bonds is 5. The van der Waals surface area contributed by atoms with Gasteiger partial charge in [0.05, 0.1) is 19.2 Å². The van der Waals surface area contributed by atoms with Gasteiger partial charge < -0.3 is 14.4 Å². The van der Waals surface area contributed by atoms with Crippen molar-refractivity contribution in [3.8, 4) is 5.75 Å². The average Bonchev–Trinajstić information content (AvgIpc) is 2.63. The van der Waals surface area contributed by atoms with Crippen LogP contribution in [0.25, 0.3) is 10.9 Å². The lowest BCUT2D eigenvalue weighted by atomic mass is 10.0. The summed E-state index contributed by atoms with van der Waals surface area (Å²) in [6.45, 7) is 6.55. The smallest absolute Gasteiger partial charge is 0.341 e. The summed E-state index contributed by atoms with van der Waals surface area (Å²) in [6.07, 6.45) is 0. The van der Waals surface area contributed by atoms with Crippen LogP contribution in [0.4, 0.5) is 0 Å². The number of pyridine rings is 1. The van der Waals surface area contributed by atoms with Gasteiger partial charge in [0.1, 0.15) is 16.5 Å². The van der Waals surface area contributed by atoms with Crippen molar-refractivity contribution in [3.63, 3.8) is 0 Å². The minimum atomic E-state index is -0.432. The Morgan fingerprint density at radius 2 is 2.00 bits per heavy atom. The van der Waals surface area contributed by atoms with E-state index in [2.05, 4.69) is 21.8 Å². The monoisotopic (exact) mass is 377 g/mol. The number of benzene rings is 1. The Bertz CT molecular complexity index is 804. The molecular weight excluding hydrogens is 354 g/mol. The van der Waals surface area contributed by atoms with E-state index in [1.54, 1.807) is 14.0 Å². The number of likely N-dealkylation sites (N-methyl/N-ethyl adjacent to an activating group) is 1. The number of hydrogen-bond acceptors (Lipinski definition) is 6. The zero-order valence-corrected chi connectivity index (χ0v) is 16.2. The maximum Gasteiger partial charge on any atom is 0.341 e. The van der Waals surface area contributed by atoms with Crippen LogP contribution >= 0.6 is 11.6 Å². The zero-order valence-electron chi connectivity index (χ0n) is 15.4. The number of esters is 1. The second-order valence-electron chi connectivity index (χ2n) is 6.44. The van der Waals surface area contributed by atoms with Crippen LogP contribution in [-0.2, 0) is 11.3 Å². The van der Waals surface area contributed by atoms with Gasteiger partial charge in [-0.1, -0.05) is 11.6 Å². The number of methoxy groups -OCH3 is 1. The van der Waals surface area contributed by atoms with E-state index in [0.717, 1.165) is 48.4 Å². The topological polar surface area (TPSA) is 54.9 Å². The van der Waals surface area contributed by atoms with Gasteiger partial charge in [-0.3, -0.25) is 4.90 Å². The summed E-state index contributed by atoms with van der Waals surface area (Å²) in [5, 5.41) is 1.06. The fourth-order valence-electron chi connectivity index (χ4n) is 3.21. The first kappa shape index (κ1) is 18.9. The molecule has 0 radical (unpaired) electrons. The molecule has 3 rings (SSSR count). The highest BCUT2D eigenvalue weighted by molar-refractivity contribution is 6.33. The second-order valence-corrected chi connectivity index (χ2v) is 6.80. The molecule has 1 fully saturated rings. The van der Waals surface area contributed by atoms with Crippen molar-refractivity contribution in [2.75, 3.05) is 46.9 Å². The third-order valence-electron chi connectivity index (χ3n) is 4.71. The molecule has 0 bridgehead atoms. The summed E-state index contributed by atoms with van der Waals surface area (Å²) in [7, 11) is 3.74. The van der Waals surface area contributed by atoms with Gasteiger partial charge in [0.25, 0.3) is 0 Å². The molecule has 0 aliphatic carbocycles. The second kappa shape index (κ2) is 8.20. The number of carbonyl (C=O) groups is 1. The van der Waals surface area contributed by atoms with Crippen molar-refractivity contribution in [3.05, 3.63) is 34.5 Å². The fourth-order valence-corrected chi connectivity index (χ4v) is 3.49. The Morgan fingerprint density at radius 1 is 1.27 bits per heavy atom. The normalized spacial score (nSPS) is 16.0. The van der Waals surface area contributed by atoms with Crippen LogP contribution in [0.2, 0.25) is 5.15 Å². The van der Waals surface area contributed by atoms with Gasteiger partial charge in [-0.2, -0.15) is 0 Å². The average molecular weight is 378 g/mol. The number of fused-ring (bicyclic) bond motifs is 1. The Kier molecular flexibility index (Phi) is 5.96. The van der Waals surface area contributed by atoms with E-state index in [1.807, 2.05) is 18.2 Å². The molecule has 0 saturated carbocycles. The van der Waals surface area contributed by atoms with E-state index >= 15 is 0 Å². The highest BCUT2D eigenvalue weighted by Crippen LogP contribution is 2.31. The van der Waals surface area contributed by atoms with E-state index in [0.29, 0.717) is 18.7 Å². The lowest BCUT2D eigenvalue weighted by Gasteiger charge is -2.33. The Balaban J connectivity index is 2.10. The lowest BCUT2D eigenvalue weighted by molar-refractivity contribution is 0.0523. The van der Waals surface area contributed by atoms with E-state index in [4.69, 9.17) is 21.1 Å². The summed E-state index contributed by atoms with van der Waals surface area (Å²) in [5.74, 6) is 0.287. The molecule has 0 N–H and O–H groups in total. The largest absolute Gasteiger partial charge is 0.497 e. The number of carbonyl (C=O) groups excluding carboxylic acids is 1. The minimum Gasteiger partial charge on any atom is -0.497 e. The minimum absolute atomic E-state index is 0.185. The molecule has 1 aliphatic rings. The maximum atomic E-state index is 12.6. The van der Waals surface area contributed by atoms with Gasteiger partial charge in [-0.15, -0.1) is 0 Å². The van der Waals surface area contributed by atoms with E-state index in [1.165, 1.54) is 0 Å². The van der Waals surface area contributed by atoms with Crippen LogP contribution in [0.5, 0.6) is 5.75 Å². The summed E-state index contributed by atoms with van der Waals surface area (Å²) in [4.78, 5) is 21.6. The predicted octanol–water partition coefficient (Wildman–Crippen LogP) is 2.82. The van der Waals surface area contributed by atoms with E-state index < -0.39 is 5.97 Å². The maximum absolute atomic E-state index is 12.6. The molecular formula is C19H24ClN3O3. The van der Waals surface area contributed by atoms with Gasteiger partial charge in [0.2, 0.25) is 0 Å². The molecule has 0 unspecified atom stereocenters. The van der Waals surface area contributed by atoms with E-state index in [9.17, 15) is 4.79 Å². The summed E-state index contributed by atoms with van der Waals surface area (Å²) < 4.78 is 10.6. The first-order valence-corrected chi connectivity index (χ1v) is 9.15. The molecule has 2 aromatic rings. The van der Waals surface area contributed by atoms with Crippen molar-refractivity contribution < 1.29 is 14.3 Å². The summed E-state index contributed by atoms with van der Waals surface area (Å²) in [6, 6.07) is 5.62.